The van der Waals surface area contributed by atoms with Crippen LogP contribution in [-0.4, -0.2) is 42.2 Å². The van der Waals surface area contributed by atoms with Gasteiger partial charge in [-0.05, 0) is 37.5 Å². The van der Waals surface area contributed by atoms with Gasteiger partial charge in [0.15, 0.2) is 6.61 Å². The van der Waals surface area contributed by atoms with Gasteiger partial charge in [-0.1, -0.05) is 19.3 Å². The Kier molecular flexibility index (Phi) is 6.87. The van der Waals surface area contributed by atoms with Gasteiger partial charge in [0.1, 0.15) is 17.4 Å². The Morgan fingerprint density at radius 2 is 2.00 bits per heavy atom. The number of hydrogen-bond donors (Lipinski definition) is 3. The Morgan fingerprint density at radius 3 is 2.72 bits per heavy atom. The molecule has 2 aromatic rings. The number of nitrogens with one attached hydrogen (secondary N) is 2. The maximum absolute atomic E-state index is 12.3. The zero-order valence-corrected chi connectivity index (χ0v) is 16.4. The first kappa shape index (κ1) is 20.9. The van der Waals surface area contributed by atoms with Crippen molar-refractivity contribution < 1.29 is 23.8 Å². The van der Waals surface area contributed by atoms with Gasteiger partial charge < -0.3 is 24.9 Å². The monoisotopic (exact) mass is 402 g/mol. The van der Waals surface area contributed by atoms with Crippen LogP contribution < -0.4 is 21.0 Å². The largest absolute Gasteiger partial charge is 0.484 e. The van der Waals surface area contributed by atoms with E-state index >= 15 is 0 Å². The van der Waals surface area contributed by atoms with Crippen molar-refractivity contribution in [1.29, 1.82) is 0 Å². The first-order chi connectivity index (χ1) is 14.0. The molecule has 1 aliphatic carbocycles. The van der Waals surface area contributed by atoms with E-state index in [0.717, 1.165) is 36.6 Å². The summed E-state index contributed by atoms with van der Waals surface area (Å²) in [4.78, 5) is 36.0. The van der Waals surface area contributed by atoms with Gasteiger partial charge >= 0.3 is 5.63 Å². The van der Waals surface area contributed by atoms with E-state index in [1.54, 1.807) is 19.1 Å². The summed E-state index contributed by atoms with van der Waals surface area (Å²) in [6, 6.07) is 5.43. The zero-order valence-electron chi connectivity index (χ0n) is 16.4. The van der Waals surface area contributed by atoms with E-state index in [9.17, 15) is 19.5 Å². The van der Waals surface area contributed by atoms with E-state index in [4.69, 9.17) is 9.15 Å². The van der Waals surface area contributed by atoms with Crippen LogP contribution in [0.4, 0.5) is 0 Å². The molecule has 8 nitrogen and oxygen atoms in total. The number of carbonyl (C=O) groups excluding carboxylic acids is 2. The van der Waals surface area contributed by atoms with E-state index in [1.165, 1.54) is 18.6 Å². The molecule has 3 rings (SSSR count). The summed E-state index contributed by atoms with van der Waals surface area (Å²) in [5.74, 6) is -0.571. The predicted molar refractivity (Wildman–Crippen MR) is 107 cm³/mol. The summed E-state index contributed by atoms with van der Waals surface area (Å²) in [6.07, 6.45) is 5.14. The van der Waals surface area contributed by atoms with E-state index in [2.05, 4.69) is 10.6 Å². The molecule has 0 aliphatic heterocycles. The van der Waals surface area contributed by atoms with Crippen LogP contribution in [0.1, 0.15) is 37.7 Å². The smallest absolute Gasteiger partial charge is 0.336 e. The molecule has 1 aliphatic rings. The van der Waals surface area contributed by atoms with Crippen molar-refractivity contribution in [3.8, 4) is 5.75 Å². The van der Waals surface area contributed by atoms with Gasteiger partial charge in [-0.25, -0.2) is 4.79 Å². The standard InChI is InChI=1S/C21H26N2O6/c1-13-9-20(26)29-18-10-15(7-8-16(13)18)28-12-19(25)23-17(11-24)21(27)22-14-5-3-2-4-6-14/h7-10,14,17,24H,2-6,11-12H2,1H3,(H,22,27)(H,23,25)/t17-/m0/s1. The third-order valence-electron chi connectivity index (χ3n) is 5.08. The molecule has 8 heteroatoms. The highest BCUT2D eigenvalue weighted by Crippen LogP contribution is 2.22. The van der Waals surface area contributed by atoms with Crippen molar-refractivity contribution in [2.75, 3.05) is 13.2 Å². The number of hydrogen-bond acceptors (Lipinski definition) is 6. The predicted octanol–water partition coefficient (Wildman–Crippen LogP) is 1.41. The summed E-state index contributed by atoms with van der Waals surface area (Å²) < 4.78 is 10.6. The highest BCUT2D eigenvalue weighted by atomic mass is 16.5. The Bertz CT molecular complexity index is 932. The van der Waals surface area contributed by atoms with Gasteiger partial charge in [0, 0.05) is 23.6 Å². The van der Waals surface area contributed by atoms with Gasteiger partial charge in [-0.3, -0.25) is 9.59 Å². The molecular weight excluding hydrogens is 376 g/mol. The van der Waals surface area contributed by atoms with Crippen LogP contribution in [-0.2, 0) is 9.59 Å². The number of aliphatic hydroxyl groups is 1. The minimum Gasteiger partial charge on any atom is -0.484 e. The summed E-state index contributed by atoms with van der Waals surface area (Å²) in [7, 11) is 0. The van der Waals surface area contributed by atoms with Crippen molar-refractivity contribution >= 4 is 22.8 Å². The maximum atomic E-state index is 12.3. The second kappa shape index (κ2) is 9.56. The number of aryl methyl sites for hydroxylation is 1. The van der Waals surface area contributed by atoms with Crippen molar-refractivity contribution in [2.45, 2.75) is 51.1 Å². The minimum atomic E-state index is -1.02. The van der Waals surface area contributed by atoms with Crippen LogP contribution in [0.2, 0.25) is 0 Å². The summed E-state index contributed by atoms with van der Waals surface area (Å²) in [5.41, 5.74) is 0.697. The van der Waals surface area contributed by atoms with Gasteiger partial charge in [0.2, 0.25) is 5.91 Å². The molecule has 1 fully saturated rings. The van der Waals surface area contributed by atoms with E-state index in [0.29, 0.717) is 11.3 Å². The second-order valence-corrected chi connectivity index (χ2v) is 7.34. The minimum absolute atomic E-state index is 0.0918. The topological polar surface area (TPSA) is 118 Å². The molecule has 1 aromatic heterocycles. The van der Waals surface area contributed by atoms with Gasteiger partial charge in [0.25, 0.3) is 5.91 Å². The highest BCUT2D eigenvalue weighted by Gasteiger charge is 2.23. The zero-order chi connectivity index (χ0) is 20.8. The van der Waals surface area contributed by atoms with Crippen LogP contribution in [0.5, 0.6) is 5.75 Å². The third-order valence-corrected chi connectivity index (χ3v) is 5.08. The molecule has 156 valence electrons. The molecule has 1 aromatic carbocycles. The molecule has 29 heavy (non-hydrogen) atoms. The quantitative estimate of drug-likeness (QED) is 0.603. The van der Waals surface area contributed by atoms with Crippen LogP contribution >= 0.6 is 0 Å². The first-order valence-electron chi connectivity index (χ1n) is 9.84. The Labute approximate surface area is 168 Å². The number of fused-ring (bicyclic) bond motifs is 1. The lowest BCUT2D eigenvalue weighted by molar-refractivity contribution is -0.131. The van der Waals surface area contributed by atoms with Crippen molar-refractivity contribution in [3.05, 3.63) is 40.2 Å². The van der Waals surface area contributed by atoms with Gasteiger partial charge in [-0.15, -0.1) is 0 Å². The average molecular weight is 402 g/mol. The highest BCUT2D eigenvalue weighted by molar-refractivity contribution is 5.88. The first-order valence-corrected chi connectivity index (χ1v) is 9.84. The summed E-state index contributed by atoms with van der Waals surface area (Å²) in [6.45, 7) is 0.972. The lowest BCUT2D eigenvalue weighted by atomic mass is 9.95. The SMILES string of the molecule is Cc1cc(=O)oc2cc(OCC(=O)N[C@@H](CO)C(=O)NC3CCCCC3)ccc12. The average Bonchev–Trinajstić information content (AvgIpc) is 2.70. The fourth-order valence-corrected chi connectivity index (χ4v) is 3.52. The molecule has 2 amide bonds. The fraction of sp³-hybridized carbons (Fsp3) is 0.476. The number of rotatable bonds is 7. The van der Waals surface area contributed by atoms with Crippen molar-refractivity contribution in [3.63, 3.8) is 0 Å². The number of aliphatic hydroxyl groups excluding tert-OH is 1. The molecule has 0 spiro atoms. The van der Waals surface area contributed by atoms with Crippen LogP contribution in [0.25, 0.3) is 11.0 Å². The van der Waals surface area contributed by atoms with E-state index in [-0.39, 0.29) is 12.6 Å². The number of carbonyl (C=O) groups is 2. The molecular formula is C21H26N2O6. The molecule has 1 saturated carbocycles. The van der Waals surface area contributed by atoms with E-state index in [1.807, 2.05) is 0 Å². The van der Waals surface area contributed by atoms with Gasteiger partial charge in [-0.2, -0.15) is 0 Å². The maximum Gasteiger partial charge on any atom is 0.336 e. The summed E-state index contributed by atoms with van der Waals surface area (Å²) in [5, 5.41) is 15.6. The molecule has 0 saturated heterocycles. The molecule has 0 bridgehead atoms. The van der Waals surface area contributed by atoms with Crippen molar-refractivity contribution in [2.24, 2.45) is 0 Å². The molecule has 0 unspecified atom stereocenters. The summed E-state index contributed by atoms with van der Waals surface area (Å²) >= 11 is 0. The number of amides is 2. The lowest BCUT2D eigenvalue weighted by Gasteiger charge is -2.25. The number of ether oxygens (including phenoxy) is 1. The molecule has 1 atom stereocenters. The fourth-order valence-electron chi connectivity index (χ4n) is 3.52. The molecule has 1 heterocycles. The Balaban J connectivity index is 1.54. The molecule has 0 radical (unpaired) electrons. The van der Waals surface area contributed by atoms with Crippen LogP contribution in [0.3, 0.4) is 0 Å². The normalized spacial score (nSPS) is 15.7. The third kappa shape index (κ3) is 5.57. The van der Waals surface area contributed by atoms with Crippen molar-refractivity contribution in [1.82, 2.24) is 10.6 Å². The van der Waals surface area contributed by atoms with Gasteiger partial charge in [0.05, 0.1) is 6.61 Å². The van der Waals surface area contributed by atoms with Crippen LogP contribution in [0, 0.1) is 6.92 Å². The van der Waals surface area contributed by atoms with E-state index < -0.39 is 30.1 Å². The Morgan fingerprint density at radius 1 is 1.24 bits per heavy atom. The molecule has 3 N–H and O–H groups in total. The number of benzene rings is 1. The second-order valence-electron chi connectivity index (χ2n) is 7.34. The Hall–Kier alpha value is -2.87. The van der Waals surface area contributed by atoms with Crippen LogP contribution in [0.15, 0.2) is 33.5 Å². The lowest BCUT2D eigenvalue weighted by Crippen LogP contribution is -2.52.